The van der Waals surface area contributed by atoms with Crippen LogP contribution < -0.4 is 5.32 Å². The minimum absolute atomic E-state index is 0.572. The Labute approximate surface area is 102 Å². The standard InChI is InChI=1S/C15H18N2/c1-2-11-16-13(5-1)8-7-12-4-3-6-14-9-10-15(12)17-14/h1-2,4-5,7-8,11,14-15,17H,3,6,9-10H2. The van der Waals surface area contributed by atoms with E-state index in [1.165, 1.54) is 31.3 Å². The molecular formula is C15H18N2. The summed E-state index contributed by atoms with van der Waals surface area (Å²) in [5.41, 5.74) is 2.47. The third-order valence-corrected chi connectivity index (χ3v) is 3.67. The van der Waals surface area contributed by atoms with Gasteiger partial charge in [0.05, 0.1) is 5.69 Å². The Morgan fingerprint density at radius 3 is 3.06 bits per heavy atom. The van der Waals surface area contributed by atoms with Crippen molar-refractivity contribution >= 4 is 6.08 Å². The number of allylic oxidation sites excluding steroid dienone is 1. The monoisotopic (exact) mass is 226 g/mol. The zero-order chi connectivity index (χ0) is 11.5. The first-order valence-corrected chi connectivity index (χ1v) is 6.47. The van der Waals surface area contributed by atoms with Gasteiger partial charge in [-0.3, -0.25) is 4.98 Å². The summed E-state index contributed by atoms with van der Waals surface area (Å²) in [5.74, 6) is 0. The van der Waals surface area contributed by atoms with E-state index in [-0.39, 0.29) is 0 Å². The molecule has 3 heterocycles. The predicted molar refractivity (Wildman–Crippen MR) is 70.5 cm³/mol. The largest absolute Gasteiger partial charge is 0.307 e. The van der Waals surface area contributed by atoms with Gasteiger partial charge in [0.15, 0.2) is 0 Å². The summed E-state index contributed by atoms with van der Waals surface area (Å²) >= 11 is 0. The molecule has 0 aromatic carbocycles. The molecule has 3 rings (SSSR count). The molecule has 1 aromatic heterocycles. The van der Waals surface area contributed by atoms with Gasteiger partial charge >= 0.3 is 0 Å². The average Bonchev–Trinajstić information content (AvgIpc) is 2.72. The van der Waals surface area contributed by atoms with Gasteiger partial charge in [0, 0.05) is 18.3 Å². The molecule has 0 radical (unpaired) electrons. The summed E-state index contributed by atoms with van der Waals surface area (Å²) in [5, 5.41) is 3.70. The smallest absolute Gasteiger partial charge is 0.0629 e. The summed E-state index contributed by atoms with van der Waals surface area (Å²) in [6.07, 6.45) is 13.7. The summed E-state index contributed by atoms with van der Waals surface area (Å²) in [6, 6.07) is 7.33. The first kappa shape index (κ1) is 10.7. The number of nitrogens with zero attached hydrogens (tertiary/aromatic N) is 1. The van der Waals surface area contributed by atoms with Crippen molar-refractivity contribution in [2.45, 2.75) is 37.8 Å². The Hall–Kier alpha value is -1.41. The summed E-state index contributed by atoms with van der Waals surface area (Å²) in [6.45, 7) is 0. The second kappa shape index (κ2) is 4.84. The first-order valence-electron chi connectivity index (χ1n) is 6.47. The van der Waals surface area contributed by atoms with Crippen LogP contribution in [-0.4, -0.2) is 17.1 Å². The fraction of sp³-hybridized carbons (Fsp3) is 0.400. The van der Waals surface area contributed by atoms with Crippen molar-refractivity contribution in [2.75, 3.05) is 0 Å². The number of fused-ring (bicyclic) bond motifs is 2. The first-order chi connectivity index (χ1) is 8.42. The van der Waals surface area contributed by atoms with Gasteiger partial charge < -0.3 is 5.32 Å². The molecule has 2 heteroatoms. The van der Waals surface area contributed by atoms with E-state index in [0.717, 1.165) is 11.7 Å². The normalized spacial score (nSPS) is 28.1. The molecule has 0 amide bonds. The Bertz CT molecular complexity index is 433. The maximum Gasteiger partial charge on any atom is 0.0629 e. The van der Waals surface area contributed by atoms with E-state index >= 15 is 0 Å². The third-order valence-electron chi connectivity index (χ3n) is 3.67. The number of pyridine rings is 1. The van der Waals surface area contributed by atoms with E-state index in [1.807, 2.05) is 24.4 Å². The van der Waals surface area contributed by atoms with E-state index in [0.29, 0.717) is 6.04 Å². The quantitative estimate of drug-likeness (QED) is 0.838. The molecule has 1 fully saturated rings. The highest BCUT2D eigenvalue weighted by molar-refractivity contribution is 5.50. The zero-order valence-electron chi connectivity index (χ0n) is 9.97. The molecule has 0 aliphatic carbocycles. The summed E-state index contributed by atoms with van der Waals surface area (Å²) in [4.78, 5) is 4.31. The predicted octanol–water partition coefficient (Wildman–Crippen LogP) is 2.94. The van der Waals surface area contributed by atoms with E-state index in [2.05, 4.69) is 28.5 Å². The van der Waals surface area contributed by atoms with Crippen molar-refractivity contribution in [3.05, 3.63) is 47.8 Å². The third kappa shape index (κ3) is 2.47. The lowest BCUT2D eigenvalue weighted by Gasteiger charge is -2.11. The molecule has 1 N–H and O–H groups in total. The van der Waals surface area contributed by atoms with Crippen LogP contribution in [0.3, 0.4) is 0 Å². The van der Waals surface area contributed by atoms with E-state index in [4.69, 9.17) is 0 Å². The highest BCUT2D eigenvalue weighted by Gasteiger charge is 2.26. The van der Waals surface area contributed by atoms with Crippen molar-refractivity contribution in [3.63, 3.8) is 0 Å². The van der Waals surface area contributed by atoms with Crippen LogP contribution in [0.25, 0.3) is 6.08 Å². The second-order valence-electron chi connectivity index (χ2n) is 4.86. The SMILES string of the molecule is C(=Cc1ccccn1)C1=CCCC2CCC1N2. The number of rotatable bonds is 2. The lowest BCUT2D eigenvalue weighted by Crippen LogP contribution is -2.28. The van der Waals surface area contributed by atoms with Crippen LogP contribution in [0, 0.1) is 0 Å². The van der Waals surface area contributed by atoms with Crippen molar-refractivity contribution in [1.29, 1.82) is 0 Å². The molecule has 0 spiro atoms. The van der Waals surface area contributed by atoms with Crippen LogP contribution in [0.1, 0.15) is 31.4 Å². The molecule has 2 atom stereocenters. The Kier molecular flexibility index (Phi) is 3.06. The van der Waals surface area contributed by atoms with Crippen LogP contribution in [0.15, 0.2) is 42.1 Å². The minimum Gasteiger partial charge on any atom is -0.307 e. The van der Waals surface area contributed by atoms with Crippen LogP contribution >= 0.6 is 0 Å². The Balaban J connectivity index is 1.76. The van der Waals surface area contributed by atoms with Gasteiger partial charge in [0.25, 0.3) is 0 Å². The molecule has 2 nitrogen and oxygen atoms in total. The van der Waals surface area contributed by atoms with Gasteiger partial charge in [-0.25, -0.2) is 0 Å². The molecule has 0 saturated carbocycles. The van der Waals surface area contributed by atoms with Gasteiger partial charge in [-0.15, -0.1) is 0 Å². The maximum absolute atomic E-state index is 4.31. The van der Waals surface area contributed by atoms with Crippen molar-refractivity contribution in [2.24, 2.45) is 0 Å². The summed E-state index contributed by atoms with van der Waals surface area (Å²) in [7, 11) is 0. The van der Waals surface area contributed by atoms with Crippen LogP contribution in [-0.2, 0) is 0 Å². The molecule has 88 valence electrons. The van der Waals surface area contributed by atoms with Gasteiger partial charge in [0.2, 0.25) is 0 Å². The van der Waals surface area contributed by atoms with E-state index in [9.17, 15) is 0 Å². The molecule has 2 aliphatic heterocycles. The minimum atomic E-state index is 0.572. The fourth-order valence-electron chi connectivity index (χ4n) is 2.74. The van der Waals surface area contributed by atoms with Crippen molar-refractivity contribution in [3.8, 4) is 0 Å². The second-order valence-corrected chi connectivity index (χ2v) is 4.86. The summed E-state index contributed by atoms with van der Waals surface area (Å²) < 4.78 is 0. The van der Waals surface area contributed by atoms with E-state index in [1.54, 1.807) is 0 Å². The number of aromatic nitrogens is 1. The maximum atomic E-state index is 4.31. The molecule has 1 saturated heterocycles. The van der Waals surface area contributed by atoms with Crippen LogP contribution in [0.2, 0.25) is 0 Å². The molecule has 2 unspecified atom stereocenters. The highest BCUT2D eigenvalue weighted by Crippen LogP contribution is 2.26. The van der Waals surface area contributed by atoms with Gasteiger partial charge in [-0.1, -0.05) is 18.2 Å². The number of hydrogen-bond donors (Lipinski definition) is 1. The Morgan fingerprint density at radius 2 is 2.18 bits per heavy atom. The highest BCUT2D eigenvalue weighted by atomic mass is 15.0. The van der Waals surface area contributed by atoms with Gasteiger partial charge in [0.1, 0.15) is 0 Å². The number of hydrogen-bond acceptors (Lipinski definition) is 2. The fourth-order valence-corrected chi connectivity index (χ4v) is 2.74. The zero-order valence-corrected chi connectivity index (χ0v) is 9.97. The van der Waals surface area contributed by atoms with Crippen molar-refractivity contribution in [1.82, 2.24) is 10.3 Å². The van der Waals surface area contributed by atoms with Crippen LogP contribution in [0.5, 0.6) is 0 Å². The number of nitrogens with one attached hydrogen (secondary N) is 1. The molecular weight excluding hydrogens is 208 g/mol. The lowest BCUT2D eigenvalue weighted by molar-refractivity contribution is 0.556. The molecule has 2 aliphatic rings. The molecule has 17 heavy (non-hydrogen) atoms. The van der Waals surface area contributed by atoms with Crippen LogP contribution in [0.4, 0.5) is 0 Å². The van der Waals surface area contributed by atoms with Gasteiger partial charge in [-0.2, -0.15) is 0 Å². The van der Waals surface area contributed by atoms with E-state index < -0.39 is 0 Å². The molecule has 2 bridgehead atoms. The van der Waals surface area contributed by atoms with Crippen molar-refractivity contribution < 1.29 is 0 Å². The topological polar surface area (TPSA) is 24.9 Å². The average molecular weight is 226 g/mol. The lowest BCUT2D eigenvalue weighted by atomic mass is 9.99. The Morgan fingerprint density at radius 1 is 1.18 bits per heavy atom. The molecule has 1 aromatic rings. The van der Waals surface area contributed by atoms with Gasteiger partial charge in [-0.05, 0) is 49.5 Å².